The standard InChI is InChI=1S/C29H38N4O4S/c1-5-20-10-12-21(13-11-20)30-27(34)26(6-2)38-29-31-23-19-25(37-4)24(36-3)18-22(23)28(35)33(29)17-16-32-14-8-7-9-15-32/h10-13,18-19,26H,5-9,14-17H2,1-4H3,(H,30,34). The molecule has 1 aliphatic rings. The number of piperidine rings is 1. The molecule has 1 unspecified atom stereocenters. The van der Waals surface area contributed by atoms with Crippen molar-refractivity contribution in [2.75, 3.05) is 39.2 Å². The Balaban J connectivity index is 1.66. The molecule has 8 nitrogen and oxygen atoms in total. The number of aromatic nitrogens is 2. The van der Waals surface area contributed by atoms with Crippen LogP contribution in [0.4, 0.5) is 5.69 Å². The summed E-state index contributed by atoms with van der Waals surface area (Å²) in [4.78, 5) is 34.3. The molecule has 1 saturated heterocycles. The number of rotatable bonds is 11. The van der Waals surface area contributed by atoms with E-state index in [9.17, 15) is 9.59 Å². The van der Waals surface area contributed by atoms with Crippen molar-refractivity contribution in [2.24, 2.45) is 0 Å². The smallest absolute Gasteiger partial charge is 0.262 e. The fourth-order valence-electron chi connectivity index (χ4n) is 4.74. The van der Waals surface area contributed by atoms with Crippen molar-refractivity contribution in [2.45, 2.75) is 62.9 Å². The molecular weight excluding hydrogens is 500 g/mol. The highest BCUT2D eigenvalue weighted by Crippen LogP contribution is 2.32. The number of ether oxygens (including phenoxy) is 2. The highest BCUT2D eigenvalue weighted by atomic mass is 32.2. The van der Waals surface area contributed by atoms with Gasteiger partial charge in [0.2, 0.25) is 5.91 Å². The predicted octanol–water partition coefficient (Wildman–Crippen LogP) is 4.97. The number of fused-ring (bicyclic) bond motifs is 1. The van der Waals surface area contributed by atoms with Gasteiger partial charge in [-0.15, -0.1) is 0 Å². The first-order valence-corrected chi connectivity index (χ1v) is 14.3. The quantitative estimate of drug-likeness (QED) is 0.272. The number of thioether (sulfide) groups is 1. The Morgan fingerprint density at radius 2 is 1.71 bits per heavy atom. The monoisotopic (exact) mass is 538 g/mol. The lowest BCUT2D eigenvalue weighted by Gasteiger charge is -2.27. The van der Waals surface area contributed by atoms with Crippen LogP contribution in [-0.4, -0.2) is 59.5 Å². The first-order chi connectivity index (χ1) is 18.5. The van der Waals surface area contributed by atoms with E-state index in [0.717, 1.165) is 31.7 Å². The Labute approximate surface area is 228 Å². The molecule has 1 aliphatic heterocycles. The van der Waals surface area contributed by atoms with Crippen molar-refractivity contribution in [3.63, 3.8) is 0 Å². The average Bonchev–Trinajstić information content (AvgIpc) is 2.95. The number of carbonyl (C=O) groups excluding carboxylic acids is 1. The summed E-state index contributed by atoms with van der Waals surface area (Å²) in [6.45, 7) is 7.43. The van der Waals surface area contributed by atoms with Crippen molar-refractivity contribution < 1.29 is 14.3 Å². The van der Waals surface area contributed by atoms with Gasteiger partial charge in [-0.3, -0.25) is 14.2 Å². The highest BCUT2D eigenvalue weighted by Gasteiger charge is 2.23. The third kappa shape index (κ3) is 6.50. The zero-order valence-electron chi connectivity index (χ0n) is 22.8. The summed E-state index contributed by atoms with van der Waals surface area (Å²) in [6, 6.07) is 11.3. The predicted molar refractivity (Wildman–Crippen MR) is 154 cm³/mol. The Kier molecular flexibility index (Phi) is 9.69. The third-order valence-corrected chi connectivity index (χ3v) is 8.41. The first kappa shape index (κ1) is 28.0. The molecule has 9 heteroatoms. The molecule has 1 fully saturated rings. The van der Waals surface area contributed by atoms with Crippen LogP contribution in [0.5, 0.6) is 11.5 Å². The topological polar surface area (TPSA) is 85.7 Å². The van der Waals surface area contributed by atoms with E-state index in [-0.39, 0.29) is 11.5 Å². The Bertz CT molecular complexity index is 1300. The largest absolute Gasteiger partial charge is 0.493 e. The molecule has 2 heterocycles. The van der Waals surface area contributed by atoms with Gasteiger partial charge >= 0.3 is 0 Å². The van der Waals surface area contributed by atoms with E-state index in [1.807, 2.05) is 31.2 Å². The third-order valence-electron chi connectivity index (χ3n) is 7.05. The number of anilines is 1. The molecule has 1 amide bonds. The number of hydrogen-bond donors (Lipinski definition) is 1. The van der Waals surface area contributed by atoms with Gasteiger partial charge in [-0.2, -0.15) is 0 Å². The molecule has 0 saturated carbocycles. The summed E-state index contributed by atoms with van der Waals surface area (Å²) < 4.78 is 12.6. The summed E-state index contributed by atoms with van der Waals surface area (Å²) in [7, 11) is 3.11. The van der Waals surface area contributed by atoms with Crippen LogP contribution in [0, 0.1) is 0 Å². The number of hydrogen-bond acceptors (Lipinski definition) is 7. The first-order valence-electron chi connectivity index (χ1n) is 13.4. The van der Waals surface area contributed by atoms with Crippen LogP contribution in [0.3, 0.4) is 0 Å². The number of benzene rings is 2. The maximum atomic E-state index is 13.8. The van der Waals surface area contributed by atoms with Gasteiger partial charge in [-0.05, 0) is 62.5 Å². The molecule has 0 aliphatic carbocycles. The fourth-order valence-corrected chi connectivity index (χ4v) is 5.77. The summed E-state index contributed by atoms with van der Waals surface area (Å²) in [5.41, 5.74) is 2.36. The second kappa shape index (κ2) is 13.2. The van der Waals surface area contributed by atoms with Crippen LogP contribution in [0.1, 0.15) is 45.1 Å². The number of likely N-dealkylation sites (tertiary alicyclic amines) is 1. The zero-order chi connectivity index (χ0) is 27.1. The second-order valence-electron chi connectivity index (χ2n) is 9.53. The Morgan fingerprint density at radius 3 is 2.34 bits per heavy atom. The van der Waals surface area contributed by atoms with Gasteiger partial charge in [-0.1, -0.05) is 44.2 Å². The SMILES string of the molecule is CCc1ccc(NC(=O)C(CC)Sc2nc3cc(OC)c(OC)cc3c(=O)n2CCN2CCCCC2)cc1. The minimum Gasteiger partial charge on any atom is -0.493 e. The lowest BCUT2D eigenvalue weighted by atomic mass is 10.1. The van der Waals surface area contributed by atoms with E-state index in [1.165, 1.54) is 36.6 Å². The second-order valence-corrected chi connectivity index (χ2v) is 10.7. The molecular formula is C29H38N4O4S. The van der Waals surface area contributed by atoms with Crippen molar-refractivity contribution in [3.8, 4) is 11.5 Å². The number of amides is 1. The minimum absolute atomic E-state index is 0.106. The van der Waals surface area contributed by atoms with E-state index in [0.29, 0.717) is 40.5 Å². The van der Waals surface area contributed by atoms with Crippen molar-refractivity contribution in [1.29, 1.82) is 0 Å². The number of nitrogens with zero attached hydrogens (tertiary/aromatic N) is 3. The van der Waals surface area contributed by atoms with Crippen LogP contribution in [0.25, 0.3) is 10.9 Å². The number of carbonyl (C=O) groups is 1. The summed E-state index contributed by atoms with van der Waals surface area (Å²) in [6.07, 6.45) is 5.16. The molecule has 204 valence electrons. The van der Waals surface area contributed by atoms with Gasteiger partial charge in [0.25, 0.3) is 5.56 Å². The molecule has 38 heavy (non-hydrogen) atoms. The molecule has 2 aromatic carbocycles. The van der Waals surface area contributed by atoms with Gasteiger partial charge < -0.3 is 19.7 Å². The van der Waals surface area contributed by atoms with E-state index in [2.05, 4.69) is 17.1 Å². The molecule has 0 bridgehead atoms. The highest BCUT2D eigenvalue weighted by molar-refractivity contribution is 8.00. The summed E-state index contributed by atoms with van der Waals surface area (Å²) in [5.74, 6) is 0.891. The van der Waals surface area contributed by atoms with Crippen LogP contribution in [0.15, 0.2) is 46.3 Å². The molecule has 0 spiro atoms. The maximum Gasteiger partial charge on any atom is 0.262 e. The lowest BCUT2D eigenvalue weighted by Crippen LogP contribution is -2.36. The van der Waals surface area contributed by atoms with Gasteiger partial charge in [0.15, 0.2) is 16.7 Å². The zero-order valence-corrected chi connectivity index (χ0v) is 23.6. The fraction of sp³-hybridized carbons (Fsp3) is 0.483. The van der Waals surface area contributed by atoms with Gasteiger partial charge in [0.05, 0.1) is 30.4 Å². The molecule has 1 aromatic heterocycles. The van der Waals surface area contributed by atoms with Crippen molar-refractivity contribution >= 4 is 34.3 Å². The Hall–Kier alpha value is -3.04. The van der Waals surface area contributed by atoms with Gasteiger partial charge in [-0.25, -0.2) is 4.98 Å². The van der Waals surface area contributed by atoms with Crippen LogP contribution in [0.2, 0.25) is 0 Å². The Morgan fingerprint density at radius 1 is 1.03 bits per heavy atom. The van der Waals surface area contributed by atoms with E-state index >= 15 is 0 Å². The number of methoxy groups -OCH3 is 2. The molecule has 0 radical (unpaired) electrons. The summed E-state index contributed by atoms with van der Waals surface area (Å²) >= 11 is 1.34. The maximum absolute atomic E-state index is 13.8. The summed E-state index contributed by atoms with van der Waals surface area (Å²) in [5, 5.41) is 3.63. The van der Waals surface area contributed by atoms with E-state index in [1.54, 1.807) is 30.9 Å². The van der Waals surface area contributed by atoms with Crippen molar-refractivity contribution in [3.05, 3.63) is 52.3 Å². The number of aryl methyl sites for hydroxylation is 1. The molecule has 4 rings (SSSR count). The number of nitrogens with one attached hydrogen (secondary N) is 1. The van der Waals surface area contributed by atoms with Crippen molar-refractivity contribution in [1.82, 2.24) is 14.5 Å². The van der Waals surface area contributed by atoms with Crippen LogP contribution in [-0.2, 0) is 17.8 Å². The van der Waals surface area contributed by atoms with E-state index < -0.39 is 5.25 Å². The molecule has 1 N–H and O–H groups in total. The van der Waals surface area contributed by atoms with Crippen LogP contribution >= 0.6 is 11.8 Å². The van der Waals surface area contributed by atoms with Gasteiger partial charge in [0, 0.05) is 24.8 Å². The molecule has 1 atom stereocenters. The lowest BCUT2D eigenvalue weighted by molar-refractivity contribution is -0.115. The average molecular weight is 539 g/mol. The van der Waals surface area contributed by atoms with Gasteiger partial charge in [0.1, 0.15) is 0 Å². The molecule has 3 aromatic rings. The minimum atomic E-state index is -0.411. The van der Waals surface area contributed by atoms with E-state index in [4.69, 9.17) is 14.5 Å². The van der Waals surface area contributed by atoms with Crippen LogP contribution < -0.4 is 20.3 Å². The normalized spacial score (nSPS) is 14.8.